The number of hydrogen-bond acceptors (Lipinski definition) is 12. The molecule has 20 nitrogen and oxygen atoms in total. The molecule has 20 heteroatoms. The van der Waals surface area contributed by atoms with Gasteiger partial charge in [0.1, 0.15) is 40.8 Å². The Hall–Kier alpha value is -8.16. The normalized spacial score (nSPS) is 11.4. The molecule has 3 aromatic carbocycles. The van der Waals surface area contributed by atoms with Crippen LogP contribution in [0.3, 0.4) is 0 Å². The number of ether oxygens (including phenoxy) is 3. The molecule has 7 aromatic rings. The molecular weight excluding hydrogens is 811 g/mol. The predicted octanol–water partition coefficient (Wildman–Crippen LogP) is 4.57. The van der Waals surface area contributed by atoms with Crippen molar-refractivity contribution >= 4 is 63.3 Å². The number of nitrogens with one attached hydrogen (secondary N) is 2. The van der Waals surface area contributed by atoms with Crippen LogP contribution in [0, 0.1) is 13.8 Å². The lowest BCUT2D eigenvalue weighted by molar-refractivity contribution is 0.0991. The van der Waals surface area contributed by atoms with E-state index in [-0.39, 0.29) is 59.9 Å². The maximum absolute atomic E-state index is 13.8. The number of hydrogen-bond donors (Lipinski definition) is 5. The summed E-state index contributed by atoms with van der Waals surface area (Å²) >= 11 is 0. The number of aryl methyl sites for hydroxylation is 4. The first-order chi connectivity index (χ1) is 30.2. The number of methoxy groups -OCH3 is 2. The monoisotopic (exact) mass is 857 g/mol. The highest BCUT2D eigenvalue weighted by atomic mass is 16.5. The number of benzene rings is 3. The van der Waals surface area contributed by atoms with E-state index in [0.717, 1.165) is 0 Å². The zero-order valence-electron chi connectivity index (χ0n) is 35.6. The van der Waals surface area contributed by atoms with Crippen molar-refractivity contribution in [3.05, 3.63) is 106 Å². The van der Waals surface area contributed by atoms with Crippen LogP contribution in [0.1, 0.15) is 72.5 Å². The molecule has 0 bridgehead atoms. The molecule has 0 radical (unpaired) electrons. The number of primary amides is 2. The lowest BCUT2D eigenvalue weighted by Crippen LogP contribution is -2.21. The van der Waals surface area contributed by atoms with Gasteiger partial charge in [-0.1, -0.05) is 12.2 Å². The first-order valence-electron chi connectivity index (χ1n) is 19.9. The van der Waals surface area contributed by atoms with E-state index in [1.54, 1.807) is 77.2 Å². The fourth-order valence-electron chi connectivity index (χ4n) is 7.23. The van der Waals surface area contributed by atoms with Crippen LogP contribution < -0.4 is 42.0 Å². The number of amides is 4. The molecule has 8 N–H and O–H groups in total. The van der Waals surface area contributed by atoms with Crippen LogP contribution in [0.25, 0.3) is 22.1 Å². The number of imidazole rings is 2. The van der Waals surface area contributed by atoms with Crippen molar-refractivity contribution in [2.24, 2.45) is 11.5 Å². The lowest BCUT2D eigenvalue weighted by Gasteiger charge is -2.13. The third-order valence-corrected chi connectivity index (χ3v) is 10.3. The second-order valence-electron chi connectivity index (χ2n) is 14.4. The Labute approximate surface area is 360 Å². The number of nitrogens with zero attached hydrogens (tertiary/aromatic N) is 8. The summed E-state index contributed by atoms with van der Waals surface area (Å²) in [6.45, 7) is 8.36. The number of rotatable bonds is 17. The molecule has 0 atom stereocenters. The van der Waals surface area contributed by atoms with Gasteiger partial charge in [-0.05, 0) is 82.3 Å². The topological polar surface area (TPSA) is 269 Å². The highest BCUT2D eigenvalue weighted by Gasteiger charge is 2.25. The molecule has 4 heterocycles. The van der Waals surface area contributed by atoms with Crippen molar-refractivity contribution in [1.29, 1.82) is 0 Å². The first-order valence-corrected chi connectivity index (χ1v) is 19.9. The van der Waals surface area contributed by atoms with Crippen molar-refractivity contribution in [3.8, 4) is 17.2 Å². The molecule has 7 rings (SSSR count). The third-order valence-electron chi connectivity index (χ3n) is 10.3. The van der Waals surface area contributed by atoms with Crippen LogP contribution >= 0.6 is 0 Å². The molecule has 0 aliphatic carbocycles. The number of carbonyl (C=O) groups is 4. The van der Waals surface area contributed by atoms with Crippen LogP contribution in [0.15, 0.2) is 66.7 Å². The smallest absolute Gasteiger partial charge is 0.278 e. The van der Waals surface area contributed by atoms with E-state index in [4.69, 9.17) is 36.4 Å². The molecule has 63 heavy (non-hydrogen) atoms. The highest BCUT2D eigenvalue weighted by Crippen LogP contribution is 2.32. The van der Waals surface area contributed by atoms with Crippen molar-refractivity contribution in [3.63, 3.8) is 0 Å². The summed E-state index contributed by atoms with van der Waals surface area (Å²) in [7, 11) is 3.02. The maximum Gasteiger partial charge on any atom is 0.278 e. The summed E-state index contributed by atoms with van der Waals surface area (Å²) in [4.78, 5) is 62.0. The molecule has 0 aliphatic rings. The van der Waals surface area contributed by atoms with Crippen LogP contribution in [0.2, 0.25) is 0 Å². The standard InChI is InChI=1S/C43H47N13O7/c1-7-55-32(17-23(3)51-55)40(59)49-42-47-30-19-25(38(45)57)18-27(22-63-29-13-11-28(61-5)12-14-29)35(30)53(42)15-9-10-16-54-36-31(20-26(39(46)58)21-33(36)62-6)48-43(54)50-41(60)37-34(44)24(4)52-56(37)8-2/h9-14,17-21H,7-8,15-16,22,44H2,1-6H3,(H2,45,57)(H2,46,58)(H,47,49,59)(H,48,50,60)/b10-9+. The van der Waals surface area contributed by atoms with Gasteiger partial charge in [0.2, 0.25) is 23.7 Å². The molecule has 0 saturated heterocycles. The Bertz CT molecular complexity index is 2940. The Morgan fingerprint density at radius 3 is 1.87 bits per heavy atom. The van der Waals surface area contributed by atoms with E-state index >= 15 is 0 Å². The van der Waals surface area contributed by atoms with Gasteiger partial charge in [0.15, 0.2) is 0 Å². The van der Waals surface area contributed by atoms with E-state index in [2.05, 4.69) is 25.8 Å². The Balaban J connectivity index is 1.30. The number of nitrogen functional groups attached to an aromatic ring is 1. The van der Waals surface area contributed by atoms with Gasteiger partial charge in [-0.15, -0.1) is 0 Å². The minimum atomic E-state index is -0.688. The second-order valence-corrected chi connectivity index (χ2v) is 14.4. The molecule has 0 unspecified atom stereocenters. The van der Waals surface area contributed by atoms with Crippen LogP contribution in [-0.4, -0.2) is 76.5 Å². The Morgan fingerprint density at radius 1 is 0.714 bits per heavy atom. The van der Waals surface area contributed by atoms with Gasteiger partial charge in [-0.25, -0.2) is 9.97 Å². The van der Waals surface area contributed by atoms with E-state index in [1.165, 1.54) is 23.9 Å². The van der Waals surface area contributed by atoms with Crippen molar-refractivity contribution in [1.82, 2.24) is 38.7 Å². The van der Waals surface area contributed by atoms with Crippen LogP contribution in [0.4, 0.5) is 17.6 Å². The van der Waals surface area contributed by atoms with Crippen molar-refractivity contribution < 1.29 is 33.4 Å². The summed E-state index contributed by atoms with van der Waals surface area (Å²) in [5.74, 6) is -0.566. The first kappa shape index (κ1) is 42.9. The summed E-state index contributed by atoms with van der Waals surface area (Å²) < 4.78 is 23.7. The molecule has 0 aliphatic heterocycles. The number of fused-ring (bicyclic) bond motifs is 2. The van der Waals surface area contributed by atoms with Gasteiger partial charge in [0, 0.05) is 42.9 Å². The fourth-order valence-corrected chi connectivity index (χ4v) is 7.23. The van der Waals surface area contributed by atoms with Crippen molar-refractivity contribution in [2.45, 2.75) is 60.5 Å². The minimum absolute atomic E-state index is 0.00663. The van der Waals surface area contributed by atoms with Gasteiger partial charge in [0.25, 0.3) is 11.8 Å². The Kier molecular flexibility index (Phi) is 12.1. The average Bonchev–Trinajstić information content (AvgIpc) is 4.01. The summed E-state index contributed by atoms with van der Waals surface area (Å²) in [6.07, 6.45) is 3.66. The molecule has 0 spiro atoms. The third kappa shape index (κ3) is 8.58. The fraction of sp³-hybridized carbons (Fsp3) is 0.256. The van der Waals surface area contributed by atoms with Gasteiger partial charge in [-0.3, -0.25) is 39.2 Å². The van der Waals surface area contributed by atoms with E-state index in [9.17, 15) is 19.2 Å². The number of allylic oxidation sites excluding steroid dienone is 2. The van der Waals surface area contributed by atoms with Gasteiger partial charge in [-0.2, -0.15) is 10.2 Å². The van der Waals surface area contributed by atoms with Gasteiger partial charge >= 0.3 is 0 Å². The molecule has 4 amide bonds. The average molecular weight is 858 g/mol. The maximum atomic E-state index is 13.8. The minimum Gasteiger partial charge on any atom is -0.497 e. The number of nitrogens with two attached hydrogens (primary N) is 3. The quantitative estimate of drug-likeness (QED) is 0.0789. The zero-order chi connectivity index (χ0) is 45.1. The van der Waals surface area contributed by atoms with Crippen LogP contribution in [0.5, 0.6) is 17.2 Å². The predicted molar refractivity (Wildman–Crippen MR) is 235 cm³/mol. The molecular formula is C43H47N13O7. The lowest BCUT2D eigenvalue weighted by atomic mass is 10.1. The molecule has 4 aromatic heterocycles. The van der Waals surface area contributed by atoms with E-state index in [0.29, 0.717) is 69.3 Å². The van der Waals surface area contributed by atoms with Crippen molar-refractivity contribution in [2.75, 3.05) is 30.6 Å². The molecule has 0 saturated carbocycles. The number of aromatic nitrogens is 8. The van der Waals surface area contributed by atoms with E-state index in [1.807, 2.05) is 26.0 Å². The molecule has 0 fully saturated rings. The molecule has 326 valence electrons. The Morgan fingerprint density at radius 2 is 1.29 bits per heavy atom. The second kappa shape index (κ2) is 17.8. The summed E-state index contributed by atoms with van der Waals surface area (Å²) in [5, 5.41) is 14.6. The highest BCUT2D eigenvalue weighted by molar-refractivity contribution is 6.07. The zero-order valence-corrected chi connectivity index (χ0v) is 35.6. The SMILES string of the molecule is CCn1nc(C)cc1C(=O)Nc1nc2cc(C(N)=O)cc(COc3ccc(OC)cc3)c2n1C/C=C/Cn1c(NC(=O)c2c(N)c(C)nn2CC)nc2cc(C(N)=O)cc(OC)c21. The summed E-state index contributed by atoms with van der Waals surface area (Å²) in [6, 6.07) is 14.9. The van der Waals surface area contributed by atoms with E-state index < -0.39 is 23.6 Å². The van der Waals surface area contributed by atoms with Crippen LogP contribution in [-0.2, 0) is 32.8 Å². The van der Waals surface area contributed by atoms with Gasteiger partial charge < -0.3 is 40.5 Å². The summed E-state index contributed by atoms with van der Waals surface area (Å²) in [5.41, 5.74) is 22.3. The number of carbonyl (C=O) groups excluding carboxylic acids is 4. The van der Waals surface area contributed by atoms with Gasteiger partial charge in [0.05, 0.1) is 47.8 Å². The largest absolute Gasteiger partial charge is 0.497 e. The number of anilines is 3.